The zero-order chi connectivity index (χ0) is 31.3. The average molecular weight is 607 g/mol. The predicted octanol–water partition coefficient (Wildman–Crippen LogP) is 4.45. The highest BCUT2D eigenvalue weighted by atomic mass is 19.4. The Labute approximate surface area is 248 Å². The maximum Gasteiger partial charge on any atom is 0.416 e. The minimum atomic E-state index is -4.49. The van der Waals surface area contributed by atoms with Gasteiger partial charge in [-0.3, -0.25) is 9.59 Å². The summed E-state index contributed by atoms with van der Waals surface area (Å²) in [4.78, 5) is 42.6. The lowest BCUT2D eigenvalue weighted by Gasteiger charge is -2.38. The van der Waals surface area contributed by atoms with Crippen LogP contribution in [0.5, 0.6) is 5.75 Å². The van der Waals surface area contributed by atoms with Gasteiger partial charge in [0.2, 0.25) is 5.91 Å². The molecule has 3 atom stereocenters. The molecule has 13 heteroatoms. The van der Waals surface area contributed by atoms with Crippen LogP contribution >= 0.6 is 0 Å². The number of carbonyl (C=O) groups excluding carboxylic acids is 3. The summed E-state index contributed by atoms with van der Waals surface area (Å²) < 4.78 is 50.5. The van der Waals surface area contributed by atoms with Gasteiger partial charge in [0.25, 0.3) is 5.91 Å². The fourth-order valence-electron chi connectivity index (χ4n) is 5.07. The Morgan fingerprint density at radius 2 is 1.79 bits per heavy atom. The fourth-order valence-corrected chi connectivity index (χ4v) is 5.07. The molecule has 234 valence electrons. The molecule has 3 N–H and O–H groups in total. The van der Waals surface area contributed by atoms with Gasteiger partial charge in [0.15, 0.2) is 5.75 Å². The van der Waals surface area contributed by atoms with E-state index in [-0.39, 0.29) is 60.3 Å². The highest BCUT2D eigenvalue weighted by Gasteiger charge is 2.36. The molecule has 0 bridgehead atoms. The lowest BCUT2D eigenvalue weighted by atomic mass is 9.98. The van der Waals surface area contributed by atoms with Crippen LogP contribution in [0.1, 0.15) is 42.6 Å². The number of likely N-dealkylation sites (N-methyl/N-ethyl adjacent to an activating group) is 1. The summed E-state index contributed by atoms with van der Waals surface area (Å²) in [5, 5.41) is 15.4. The molecule has 0 radical (unpaired) electrons. The van der Waals surface area contributed by atoms with Crippen molar-refractivity contribution in [2.75, 3.05) is 50.6 Å². The topological polar surface area (TPSA) is 120 Å². The van der Waals surface area contributed by atoms with Crippen LogP contribution in [0.15, 0.2) is 42.5 Å². The van der Waals surface area contributed by atoms with E-state index in [1.54, 1.807) is 30.0 Å². The van der Waals surface area contributed by atoms with Crippen LogP contribution in [0, 0.1) is 11.8 Å². The molecular formula is C30H37F3N4O6. The largest absolute Gasteiger partial charge is 0.485 e. The molecule has 2 aliphatic heterocycles. The minimum absolute atomic E-state index is 0.0465. The van der Waals surface area contributed by atoms with E-state index in [9.17, 15) is 32.7 Å². The summed E-state index contributed by atoms with van der Waals surface area (Å²) in [5.74, 6) is -0.997. The molecule has 0 unspecified atom stereocenters. The zero-order valence-electron chi connectivity index (χ0n) is 24.3. The maximum atomic E-state index is 13.7. The smallest absolute Gasteiger partial charge is 0.416 e. The molecule has 2 aliphatic rings. The monoisotopic (exact) mass is 606 g/mol. The molecule has 0 aliphatic carbocycles. The molecule has 0 saturated carbocycles. The predicted molar refractivity (Wildman–Crippen MR) is 153 cm³/mol. The Morgan fingerprint density at radius 3 is 2.42 bits per heavy atom. The number of amides is 4. The van der Waals surface area contributed by atoms with E-state index in [0.29, 0.717) is 31.7 Å². The highest BCUT2D eigenvalue weighted by Crippen LogP contribution is 2.36. The van der Waals surface area contributed by atoms with Gasteiger partial charge in [-0.2, -0.15) is 13.2 Å². The number of benzene rings is 2. The zero-order valence-corrected chi connectivity index (χ0v) is 24.3. The second-order valence-electron chi connectivity index (χ2n) is 11.1. The number of rotatable bonds is 7. The van der Waals surface area contributed by atoms with Gasteiger partial charge in [-0.15, -0.1) is 0 Å². The van der Waals surface area contributed by atoms with Crippen molar-refractivity contribution in [2.24, 2.45) is 11.8 Å². The summed E-state index contributed by atoms with van der Waals surface area (Å²) in [6.07, 6.45) is -4.01. The number of fused-ring (bicyclic) bond motifs is 1. The quantitative estimate of drug-likeness (QED) is 0.428. The fraction of sp³-hybridized carbons (Fsp3) is 0.500. The molecule has 0 aromatic heterocycles. The van der Waals surface area contributed by atoms with Crippen molar-refractivity contribution in [1.82, 2.24) is 9.80 Å². The van der Waals surface area contributed by atoms with Crippen molar-refractivity contribution in [1.29, 1.82) is 0 Å². The Morgan fingerprint density at radius 1 is 1.12 bits per heavy atom. The minimum Gasteiger partial charge on any atom is -0.485 e. The lowest BCUT2D eigenvalue weighted by Crippen LogP contribution is -2.50. The Balaban J connectivity index is 1.58. The molecule has 4 amide bonds. The van der Waals surface area contributed by atoms with Gasteiger partial charge >= 0.3 is 12.2 Å². The van der Waals surface area contributed by atoms with E-state index in [1.807, 2.05) is 6.92 Å². The van der Waals surface area contributed by atoms with Crippen molar-refractivity contribution in [2.45, 2.75) is 45.0 Å². The van der Waals surface area contributed by atoms with Crippen molar-refractivity contribution >= 4 is 29.2 Å². The van der Waals surface area contributed by atoms with Crippen molar-refractivity contribution in [3.05, 3.63) is 53.6 Å². The molecule has 43 heavy (non-hydrogen) atoms. The first-order chi connectivity index (χ1) is 20.4. The van der Waals surface area contributed by atoms with Crippen LogP contribution in [0.4, 0.5) is 29.3 Å². The Kier molecular flexibility index (Phi) is 10.2. The van der Waals surface area contributed by atoms with Gasteiger partial charge in [0.05, 0.1) is 36.0 Å². The van der Waals surface area contributed by atoms with Gasteiger partial charge in [0.1, 0.15) is 6.10 Å². The molecule has 4 rings (SSSR count). The number of nitrogens with one attached hydrogen (secondary N) is 2. The van der Waals surface area contributed by atoms with Crippen molar-refractivity contribution < 1.29 is 42.1 Å². The summed E-state index contributed by atoms with van der Waals surface area (Å²) >= 11 is 0. The Bertz CT molecular complexity index is 1300. The van der Waals surface area contributed by atoms with Crippen LogP contribution in [-0.2, 0) is 15.7 Å². The molecule has 1 saturated heterocycles. The Hall–Kier alpha value is -3.84. The van der Waals surface area contributed by atoms with E-state index in [2.05, 4.69) is 10.6 Å². The number of para-hydroxylation sites is 1. The molecular weight excluding hydrogens is 569 g/mol. The highest BCUT2D eigenvalue weighted by molar-refractivity contribution is 6.02. The second kappa shape index (κ2) is 13.6. The number of halogens is 3. The van der Waals surface area contributed by atoms with Gasteiger partial charge in [-0.05, 0) is 56.2 Å². The van der Waals surface area contributed by atoms with Crippen molar-refractivity contribution in [3.63, 3.8) is 0 Å². The summed E-state index contributed by atoms with van der Waals surface area (Å²) in [6, 6.07) is 7.91. The van der Waals surface area contributed by atoms with E-state index in [4.69, 9.17) is 9.47 Å². The summed E-state index contributed by atoms with van der Waals surface area (Å²) in [5.41, 5.74) is -0.118. The molecule has 2 aromatic carbocycles. The van der Waals surface area contributed by atoms with Crippen LogP contribution < -0.4 is 15.4 Å². The number of aliphatic hydroxyl groups is 1. The third kappa shape index (κ3) is 7.77. The first kappa shape index (κ1) is 32.1. The number of nitrogens with zero attached hydrogens (tertiary/aromatic N) is 2. The number of alkyl halides is 3. The number of anilines is 2. The molecule has 2 heterocycles. The third-order valence-electron chi connectivity index (χ3n) is 7.81. The second-order valence-corrected chi connectivity index (χ2v) is 11.1. The molecule has 0 spiro atoms. The normalized spacial score (nSPS) is 20.3. The van der Waals surface area contributed by atoms with Crippen LogP contribution in [0.3, 0.4) is 0 Å². The number of hydrogen-bond acceptors (Lipinski definition) is 6. The van der Waals surface area contributed by atoms with Crippen LogP contribution in [0.2, 0.25) is 0 Å². The van der Waals surface area contributed by atoms with E-state index in [0.717, 1.165) is 12.1 Å². The van der Waals surface area contributed by atoms with Crippen molar-refractivity contribution in [3.8, 4) is 5.75 Å². The van der Waals surface area contributed by atoms with E-state index in [1.165, 1.54) is 24.1 Å². The van der Waals surface area contributed by atoms with Gasteiger partial charge in [-0.1, -0.05) is 13.0 Å². The van der Waals surface area contributed by atoms with E-state index >= 15 is 0 Å². The number of aliphatic hydroxyl groups excluding tert-OH is 1. The first-order valence-corrected chi connectivity index (χ1v) is 14.2. The standard InChI is InChI=1S/C30H37F3N4O6/c1-18-15-37(19(2)17-38)28(40)23-5-4-6-24(35-27(39)20-11-13-42-14-12-20)26(23)43-25(18)16-36(3)29(41)34-22-9-7-21(8-10-22)30(31,32)33/h4-10,18-20,25,38H,11-17H2,1-3H3,(H,34,41)(H,35,39)/t18-,19-,25-/m1/s1. The molecule has 10 nitrogen and oxygen atoms in total. The van der Waals surface area contributed by atoms with Gasteiger partial charge in [0, 0.05) is 44.3 Å². The first-order valence-electron chi connectivity index (χ1n) is 14.2. The molecule has 1 fully saturated rings. The number of carbonyl (C=O) groups is 3. The number of ether oxygens (including phenoxy) is 2. The van der Waals surface area contributed by atoms with Crippen LogP contribution in [0.25, 0.3) is 0 Å². The van der Waals surface area contributed by atoms with Gasteiger partial charge < -0.3 is 35.0 Å². The summed E-state index contributed by atoms with van der Waals surface area (Å²) in [7, 11) is 1.52. The number of urea groups is 1. The van der Waals surface area contributed by atoms with Crippen LogP contribution in [-0.4, -0.2) is 84.9 Å². The van der Waals surface area contributed by atoms with Gasteiger partial charge in [-0.25, -0.2) is 4.79 Å². The maximum absolute atomic E-state index is 13.7. The SMILES string of the molecule is C[C@@H]1CN([C@H](C)CO)C(=O)c2cccc(NC(=O)C3CCOCC3)c2O[C@@H]1CN(C)C(=O)Nc1ccc(C(F)(F)F)cc1. The average Bonchev–Trinajstić information content (AvgIpc) is 2.99. The van der Waals surface area contributed by atoms with E-state index < -0.39 is 29.9 Å². The lowest BCUT2D eigenvalue weighted by molar-refractivity contribution is -0.137. The molecule has 2 aromatic rings. The number of hydrogen-bond donors (Lipinski definition) is 3. The summed E-state index contributed by atoms with van der Waals surface area (Å²) in [6.45, 7) is 4.54. The third-order valence-corrected chi connectivity index (χ3v) is 7.81.